The van der Waals surface area contributed by atoms with E-state index in [-0.39, 0.29) is 5.82 Å². The molecule has 0 atom stereocenters. The predicted octanol–water partition coefficient (Wildman–Crippen LogP) is 5.71. The van der Waals surface area contributed by atoms with Crippen molar-refractivity contribution in [3.63, 3.8) is 0 Å². The average molecular weight is 319 g/mol. The van der Waals surface area contributed by atoms with Crippen LogP contribution in [0.5, 0.6) is 0 Å². The first kappa shape index (κ1) is 14.4. The highest BCUT2D eigenvalue weighted by Crippen LogP contribution is 2.29. The molecule has 1 N–H and O–H groups in total. The summed E-state index contributed by atoms with van der Waals surface area (Å²) in [6.07, 6.45) is 0. The number of hydrogen-bond donors (Lipinski definition) is 1. The molecule has 1 nitrogen and oxygen atoms in total. The number of hydrogen-bond acceptors (Lipinski definition) is 1. The molecular formula is C14H11Cl3FN. The van der Waals surface area contributed by atoms with Crippen molar-refractivity contribution in [1.82, 2.24) is 0 Å². The van der Waals surface area contributed by atoms with Crippen molar-refractivity contribution in [3.8, 4) is 0 Å². The molecule has 100 valence electrons. The van der Waals surface area contributed by atoms with Gasteiger partial charge in [0.25, 0.3) is 0 Å². The molecule has 0 saturated carbocycles. The van der Waals surface area contributed by atoms with Crippen LogP contribution in [0.1, 0.15) is 11.1 Å². The summed E-state index contributed by atoms with van der Waals surface area (Å²) in [5.41, 5.74) is 2.42. The van der Waals surface area contributed by atoms with E-state index in [0.29, 0.717) is 21.6 Å². The Labute approximate surface area is 126 Å². The zero-order chi connectivity index (χ0) is 14.0. The van der Waals surface area contributed by atoms with E-state index in [1.54, 1.807) is 18.2 Å². The fourth-order valence-corrected chi connectivity index (χ4v) is 2.32. The van der Waals surface area contributed by atoms with Crippen molar-refractivity contribution < 1.29 is 4.39 Å². The second-order valence-electron chi connectivity index (χ2n) is 4.17. The van der Waals surface area contributed by atoms with E-state index in [1.165, 1.54) is 12.1 Å². The first-order valence-corrected chi connectivity index (χ1v) is 6.74. The van der Waals surface area contributed by atoms with Crippen LogP contribution in [0.4, 0.5) is 10.1 Å². The van der Waals surface area contributed by atoms with Gasteiger partial charge in [0.15, 0.2) is 0 Å². The normalized spacial score (nSPS) is 10.6. The minimum absolute atomic E-state index is 0.356. The SMILES string of the molecule is Cc1cc(Cl)c(NCc2ccc(F)cc2Cl)cc1Cl. The summed E-state index contributed by atoms with van der Waals surface area (Å²) in [7, 11) is 0. The van der Waals surface area contributed by atoms with Gasteiger partial charge < -0.3 is 5.32 Å². The molecule has 0 aliphatic carbocycles. The Hall–Kier alpha value is -0.960. The molecule has 0 spiro atoms. The number of anilines is 1. The molecule has 0 fully saturated rings. The van der Waals surface area contributed by atoms with Crippen molar-refractivity contribution in [1.29, 1.82) is 0 Å². The van der Waals surface area contributed by atoms with Gasteiger partial charge in [-0.2, -0.15) is 0 Å². The van der Waals surface area contributed by atoms with Crippen molar-refractivity contribution in [2.75, 3.05) is 5.32 Å². The number of aryl methyl sites for hydroxylation is 1. The van der Waals surface area contributed by atoms with Gasteiger partial charge in [0.05, 0.1) is 10.7 Å². The van der Waals surface area contributed by atoms with E-state index in [9.17, 15) is 4.39 Å². The highest BCUT2D eigenvalue weighted by atomic mass is 35.5. The van der Waals surface area contributed by atoms with Crippen LogP contribution >= 0.6 is 34.8 Å². The van der Waals surface area contributed by atoms with Gasteiger partial charge in [-0.25, -0.2) is 4.39 Å². The van der Waals surface area contributed by atoms with E-state index in [2.05, 4.69) is 5.32 Å². The van der Waals surface area contributed by atoms with Crippen LogP contribution in [0.2, 0.25) is 15.1 Å². The number of nitrogens with one attached hydrogen (secondary N) is 1. The third kappa shape index (κ3) is 3.53. The Kier molecular flexibility index (Phi) is 4.56. The molecule has 0 radical (unpaired) electrons. The van der Waals surface area contributed by atoms with Crippen LogP contribution in [-0.2, 0) is 6.54 Å². The monoisotopic (exact) mass is 317 g/mol. The Morgan fingerprint density at radius 2 is 1.74 bits per heavy atom. The predicted molar refractivity (Wildman–Crippen MR) is 79.9 cm³/mol. The lowest BCUT2D eigenvalue weighted by atomic mass is 10.2. The molecule has 2 aromatic rings. The van der Waals surface area contributed by atoms with E-state index in [0.717, 1.165) is 16.8 Å². The van der Waals surface area contributed by atoms with Gasteiger partial charge in [0.2, 0.25) is 0 Å². The van der Waals surface area contributed by atoms with E-state index in [1.807, 2.05) is 6.92 Å². The minimum atomic E-state index is -0.356. The van der Waals surface area contributed by atoms with Crippen molar-refractivity contribution in [2.24, 2.45) is 0 Å². The second kappa shape index (κ2) is 6.00. The smallest absolute Gasteiger partial charge is 0.124 e. The first-order valence-electron chi connectivity index (χ1n) is 5.61. The molecule has 0 aromatic heterocycles. The fraction of sp³-hybridized carbons (Fsp3) is 0.143. The maximum atomic E-state index is 12.9. The molecule has 0 bridgehead atoms. The Bertz CT molecular complexity index is 614. The van der Waals surface area contributed by atoms with E-state index >= 15 is 0 Å². The number of rotatable bonds is 3. The first-order chi connectivity index (χ1) is 8.97. The van der Waals surface area contributed by atoms with Crippen LogP contribution in [0.3, 0.4) is 0 Å². The molecule has 0 aliphatic rings. The molecule has 19 heavy (non-hydrogen) atoms. The lowest BCUT2D eigenvalue weighted by molar-refractivity contribution is 0.627. The lowest BCUT2D eigenvalue weighted by Crippen LogP contribution is -2.01. The number of halogens is 4. The van der Waals surface area contributed by atoms with Crippen molar-refractivity contribution in [2.45, 2.75) is 13.5 Å². The minimum Gasteiger partial charge on any atom is -0.380 e. The summed E-state index contributed by atoms with van der Waals surface area (Å²) in [6, 6.07) is 7.83. The van der Waals surface area contributed by atoms with Crippen LogP contribution in [0, 0.1) is 12.7 Å². The Morgan fingerprint density at radius 1 is 1.00 bits per heavy atom. The molecular weight excluding hydrogens is 308 g/mol. The maximum absolute atomic E-state index is 12.9. The highest BCUT2D eigenvalue weighted by molar-refractivity contribution is 6.35. The highest BCUT2D eigenvalue weighted by Gasteiger charge is 2.06. The van der Waals surface area contributed by atoms with Gasteiger partial charge >= 0.3 is 0 Å². The topological polar surface area (TPSA) is 12.0 Å². The number of benzene rings is 2. The molecule has 2 aromatic carbocycles. The summed E-state index contributed by atoms with van der Waals surface area (Å²) in [5, 5.41) is 4.73. The molecule has 0 saturated heterocycles. The molecule has 0 unspecified atom stereocenters. The summed E-state index contributed by atoms with van der Waals surface area (Å²) >= 11 is 18.1. The van der Waals surface area contributed by atoms with E-state index < -0.39 is 0 Å². The molecule has 0 amide bonds. The Morgan fingerprint density at radius 3 is 2.42 bits per heavy atom. The molecule has 2 rings (SSSR count). The summed E-state index contributed by atoms with van der Waals surface area (Å²) in [5.74, 6) is -0.356. The summed E-state index contributed by atoms with van der Waals surface area (Å²) in [6.45, 7) is 2.33. The van der Waals surface area contributed by atoms with Crippen LogP contribution in [0.25, 0.3) is 0 Å². The van der Waals surface area contributed by atoms with Crippen molar-refractivity contribution in [3.05, 3.63) is 62.3 Å². The fourth-order valence-electron chi connectivity index (χ4n) is 1.64. The molecule has 0 aliphatic heterocycles. The van der Waals surface area contributed by atoms with Gasteiger partial charge in [-0.1, -0.05) is 40.9 Å². The Balaban J connectivity index is 2.16. The van der Waals surface area contributed by atoms with Gasteiger partial charge in [-0.3, -0.25) is 0 Å². The quantitative estimate of drug-likeness (QED) is 0.764. The summed E-state index contributed by atoms with van der Waals surface area (Å²) in [4.78, 5) is 0. The maximum Gasteiger partial charge on any atom is 0.124 e. The van der Waals surface area contributed by atoms with Crippen LogP contribution in [-0.4, -0.2) is 0 Å². The van der Waals surface area contributed by atoms with Gasteiger partial charge in [-0.05, 0) is 42.3 Å². The largest absolute Gasteiger partial charge is 0.380 e. The second-order valence-corrected chi connectivity index (χ2v) is 5.39. The van der Waals surface area contributed by atoms with Crippen molar-refractivity contribution >= 4 is 40.5 Å². The third-order valence-electron chi connectivity index (χ3n) is 2.73. The van der Waals surface area contributed by atoms with Gasteiger partial charge in [0.1, 0.15) is 5.82 Å². The van der Waals surface area contributed by atoms with Gasteiger partial charge in [0, 0.05) is 16.6 Å². The lowest BCUT2D eigenvalue weighted by Gasteiger charge is -2.11. The standard InChI is InChI=1S/C14H11Cl3FN/c1-8-4-13(17)14(6-11(8)15)19-7-9-2-3-10(18)5-12(9)16/h2-6,19H,7H2,1H3. The van der Waals surface area contributed by atoms with Crippen LogP contribution < -0.4 is 5.32 Å². The molecule has 0 heterocycles. The third-order valence-corrected chi connectivity index (χ3v) is 3.80. The summed E-state index contributed by atoms with van der Waals surface area (Å²) < 4.78 is 12.9. The average Bonchev–Trinajstić information content (AvgIpc) is 2.34. The van der Waals surface area contributed by atoms with Gasteiger partial charge in [-0.15, -0.1) is 0 Å². The molecule has 5 heteroatoms. The zero-order valence-corrected chi connectivity index (χ0v) is 12.4. The van der Waals surface area contributed by atoms with E-state index in [4.69, 9.17) is 34.8 Å². The zero-order valence-electron chi connectivity index (χ0n) is 10.1. The van der Waals surface area contributed by atoms with Crippen LogP contribution in [0.15, 0.2) is 30.3 Å².